The zero-order valence-electron chi connectivity index (χ0n) is 21.3. The lowest BCUT2D eigenvalue weighted by Gasteiger charge is -2.23. The standard InChI is InChI=1S/C24H35N5O6/c1-7-12-29-21(25)20(22(31)26-24(29)33)28(13-14-34-6)18(30)11-10-17-15(4)27(8-2)16(5)19(17)23(32)35-9-3/h10-11H,7-9,12-14,25H2,1-6H3,(H,26,31,33)/b11-10+. The number of nitrogens with two attached hydrogens (primary N) is 1. The Hall–Kier alpha value is -3.60. The van der Waals surface area contributed by atoms with Crippen LogP contribution >= 0.6 is 0 Å². The van der Waals surface area contributed by atoms with Crippen molar-refractivity contribution < 1.29 is 19.1 Å². The van der Waals surface area contributed by atoms with Crippen LogP contribution in [0.4, 0.5) is 11.5 Å². The number of nitrogen functional groups attached to an aromatic ring is 1. The maximum atomic E-state index is 13.3. The van der Waals surface area contributed by atoms with Crippen LogP contribution in [0.3, 0.4) is 0 Å². The van der Waals surface area contributed by atoms with Crippen molar-refractivity contribution >= 4 is 29.5 Å². The van der Waals surface area contributed by atoms with Gasteiger partial charge < -0.3 is 19.8 Å². The van der Waals surface area contributed by atoms with Gasteiger partial charge in [0.15, 0.2) is 5.69 Å². The number of aromatic amines is 1. The molecule has 35 heavy (non-hydrogen) atoms. The van der Waals surface area contributed by atoms with Crippen LogP contribution in [0.2, 0.25) is 0 Å². The number of anilines is 2. The predicted molar refractivity (Wildman–Crippen MR) is 135 cm³/mol. The van der Waals surface area contributed by atoms with Crippen LogP contribution in [0, 0.1) is 13.8 Å². The van der Waals surface area contributed by atoms with Crippen LogP contribution in [-0.4, -0.2) is 52.9 Å². The van der Waals surface area contributed by atoms with Crippen LogP contribution in [0.1, 0.15) is 54.5 Å². The Bertz CT molecular complexity index is 1220. The van der Waals surface area contributed by atoms with Crippen molar-refractivity contribution in [1.29, 1.82) is 0 Å². The third kappa shape index (κ3) is 5.73. The van der Waals surface area contributed by atoms with E-state index in [2.05, 4.69) is 4.98 Å². The van der Waals surface area contributed by atoms with E-state index in [0.717, 1.165) is 11.4 Å². The lowest BCUT2D eigenvalue weighted by molar-refractivity contribution is -0.114. The Balaban J connectivity index is 2.60. The van der Waals surface area contributed by atoms with E-state index >= 15 is 0 Å². The Morgan fingerprint density at radius 3 is 2.37 bits per heavy atom. The second-order valence-electron chi connectivity index (χ2n) is 7.88. The third-order valence-electron chi connectivity index (χ3n) is 5.74. The molecule has 0 aliphatic rings. The number of nitrogens with one attached hydrogen (secondary N) is 1. The first kappa shape index (κ1) is 27.6. The lowest BCUT2D eigenvalue weighted by Crippen LogP contribution is -2.42. The number of ether oxygens (including phenoxy) is 2. The highest BCUT2D eigenvalue weighted by Gasteiger charge is 2.25. The molecule has 2 heterocycles. The average Bonchev–Trinajstić information content (AvgIpc) is 3.05. The van der Waals surface area contributed by atoms with Crippen LogP contribution in [0.25, 0.3) is 6.08 Å². The molecule has 2 aromatic rings. The maximum Gasteiger partial charge on any atom is 0.340 e. The van der Waals surface area contributed by atoms with Gasteiger partial charge >= 0.3 is 11.7 Å². The highest BCUT2D eigenvalue weighted by atomic mass is 16.5. The highest BCUT2D eigenvalue weighted by molar-refractivity contribution is 6.06. The first-order valence-corrected chi connectivity index (χ1v) is 11.6. The minimum absolute atomic E-state index is 0.0238. The second kappa shape index (κ2) is 12.2. The van der Waals surface area contributed by atoms with E-state index < -0.39 is 23.1 Å². The van der Waals surface area contributed by atoms with Gasteiger partial charge in [-0.25, -0.2) is 9.59 Å². The van der Waals surface area contributed by atoms with Gasteiger partial charge in [-0.05, 0) is 40.2 Å². The molecule has 0 saturated heterocycles. The number of aromatic nitrogens is 3. The van der Waals surface area contributed by atoms with Crippen molar-refractivity contribution in [2.45, 2.75) is 54.1 Å². The largest absolute Gasteiger partial charge is 0.462 e. The zero-order chi connectivity index (χ0) is 26.3. The first-order chi connectivity index (χ1) is 16.6. The average molecular weight is 490 g/mol. The van der Waals surface area contributed by atoms with E-state index in [4.69, 9.17) is 15.2 Å². The molecule has 0 saturated carbocycles. The molecule has 1 amide bonds. The number of rotatable bonds is 11. The van der Waals surface area contributed by atoms with Crippen LogP contribution < -0.4 is 21.9 Å². The molecule has 11 nitrogen and oxygen atoms in total. The fraction of sp³-hybridized carbons (Fsp3) is 0.500. The number of amides is 1. The van der Waals surface area contributed by atoms with Crippen molar-refractivity contribution in [1.82, 2.24) is 14.1 Å². The number of carbonyl (C=O) groups is 2. The number of hydrogen-bond donors (Lipinski definition) is 2. The number of esters is 1. The fourth-order valence-electron chi connectivity index (χ4n) is 4.09. The molecular formula is C24H35N5O6. The molecule has 0 spiro atoms. The summed E-state index contributed by atoms with van der Waals surface area (Å²) < 4.78 is 13.5. The fourth-order valence-corrected chi connectivity index (χ4v) is 4.09. The maximum absolute atomic E-state index is 13.3. The van der Waals surface area contributed by atoms with Crippen molar-refractivity contribution in [2.24, 2.45) is 0 Å². The molecule has 11 heteroatoms. The summed E-state index contributed by atoms with van der Waals surface area (Å²) in [5, 5.41) is 0. The van der Waals surface area contributed by atoms with Crippen molar-refractivity contribution in [2.75, 3.05) is 37.5 Å². The minimum Gasteiger partial charge on any atom is -0.462 e. The van der Waals surface area contributed by atoms with Crippen molar-refractivity contribution in [3.63, 3.8) is 0 Å². The molecule has 0 aromatic carbocycles. The van der Waals surface area contributed by atoms with Gasteiger partial charge in [0, 0.05) is 49.8 Å². The molecule has 2 aromatic heterocycles. The smallest absolute Gasteiger partial charge is 0.340 e. The molecule has 0 fully saturated rings. The Labute approximate surface area is 204 Å². The summed E-state index contributed by atoms with van der Waals surface area (Å²) in [6.07, 6.45) is 3.41. The minimum atomic E-state index is -0.769. The first-order valence-electron chi connectivity index (χ1n) is 11.6. The summed E-state index contributed by atoms with van der Waals surface area (Å²) in [4.78, 5) is 54.3. The Morgan fingerprint density at radius 2 is 1.80 bits per heavy atom. The van der Waals surface area contributed by atoms with Crippen molar-refractivity contribution in [3.8, 4) is 0 Å². The van der Waals surface area contributed by atoms with E-state index in [1.807, 2.05) is 32.3 Å². The summed E-state index contributed by atoms with van der Waals surface area (Å²) in [6, 6.07) is 0. The summed E-state index contributed by atoms with van der Waals surface area (Å²) in [7, 11) is 1.47. The Morgan fingerprint density at radius 1 is 1.11 bits per heavy atom. The summed E-state index contributed by atoms with van der Waals surface area (Å²) >= 11 is 0. The van der Waals surface area contributed by atoms with E-state index in [1.165, 1.54) is 28.7 Å². The lowest BCUT2D eigenvalue weighted by atomic mass is 10.1. The SMILES string of the molecule is CCCn1c(N)c(N(CCOC)C(=O)/C=C/c2c(C(=O)OCC)c(C)n(CC)c2C)c(=O)[nH]c1=O. The third-order valence-corrected chi connectivity index (χ3v) is 5.74. The van der Waals surface area contributed by atoms with Crippen molar-refractivity contribution in [3.05, 3.63) is 49.4 Å². The molecule has 0 radical (unpaired) electrons. The molecule has 2 rings (SSSR count). The molecule has 192 valence electrons. The van der Waals surface area contributed by atoms with Gasteiger partial charge in [-0.2, -0.15) is 0 Å². The molecule has 0 atom stereocenters. The summed E-state index contributed by atoms with van der Waals surface area (Å²) in [5.74, 6) is -1.14. The second-order valence-corrected chi connectivity index (χ2v) is 7.88. The predicted octanol–water partition coefficient (Wildman–Crippen LogP) is 1.84. The van der Waals surface area contributed by atoms with Crippen LogP contribution in [0.5, 0.6) is 0 Å². The molecule has 0 aliphatic heterocycles. The number of methoxy groups -OCH3 is 1. The number of hydrogen-bond acceptors (Lipinski definition) is 7. The van der Waals surface area contributed by atoms with E-state index in [9.17, 15) is 19.2 Å². The number of H-pyrrole nitrogens is 1. The zero-order valence-corrected chi connectivity index (χ0v) is 21.3. The quantitative estimate of drug-likeness (QED) is 0.362. The molecule has 0 aliphatic carbocycles. The van der Waals surface area contributed by atoms with Crippen LogP contribution in [-0.2, 0) is 27.4 Å². The van der Waals surface area contributed by atoms with E-state index in [0.29, 0.717) is 24.1 Å². The Kier molecular flexibility index (Phi) is 9.64. The molecular weight excluding hydrogens is 454 g/mol. The van der Waals surface area contributed by atoms with Gasteiger partial charge in [-0.3, -0.25) is 24.0 Å². The van der Waals surface area contributed by atoms with Gasteiger partial charge in [-0.15, -0.1) is 0 Å². The normalized spacial score (nSPS) is 11.3. The van der Waals surface area contributed by atoms with Gasteiger partial charge in [0.1, 0.15) is 5.82 Å². The summed E-state index contributed by atoms with van der Waals surface area (Å²) in [6.45, 7) is 10.5. The monoisotopic (exact) mass is 489 g/mol. The number of carbonyl (C=O) groups excluding carboxylic acids is 2. The van der Waals surface area contributed by atoms with Gasteiger partial charge in [-0.1, -0.05) is 6.92 Å². The van der Waals surface area contributed by atoms with E-state index in [-0.39, 0.29) is 37.8 Å². The highest BCUT2D eigenvalue weighted by Crippen LogP contribution is 2.25. The molecule has 0 unspecified atom stereocenters. The molecule has 0 bridgehead atoms. The van der Waals surface area contributed by atoms with E-state index in [1.54, 1.807) is 6.92 Å². The van der Waals surface area contributed by atoms with Gasteiger partial charge in [0.05, 0.1) is 18.8 Å². The topological polar surface area (TPSA) is 142 Å². The van der Waals surface area contributed by atoms with Crippen LogP contribution in [0.15, 0.2) is 15.7 Å². The summed E-state index contributed by atoms with van der Waals surface area (Å²) in [5.41, 5.74) is 7.11. The molecule has 3 N–H and O–H groups in total. The van der Waals surface area contributed by atoms with Gasteiger partial charge in [0.25, 0.3) is 11.5 Å². The van der Waals surface area contributed by atoms with Gasteiger partial charge in [0.2, 0.25) is 0 Å². The number of nitrogens with zero attached hydrogens (tertiary/aromatic N) is 3.